The van der Waals surface area contributed by atoms with Gasteiger partial charge in [0, 0.05) is 31.1 Å². The second-order valence-electron chi connectivity index (χ2n) is 5.96. The fourth-order valence-corrected chi connectivity index (χ4v) is 3.31. The van der Waals surface area contributed by atoms with Gasteiger partial charge in [-0.05, 0) is 26.2 Å². The fraction of sp³-hybridized carbons (Fsp3) is 0.929. The minimum Gasteiger partial charge on any atom is -0.453 e. The SMILES string of the molecule is COC(=O)N1CC(NC2CCCC2)CC(C(C)O)C1. The molecule has 2 rings (SSSR count). The van der Waals surface area contributed by atoms with Crippen LogP contribution in [0.15, 0.2) is 0 Å². The fourth-order valence-electron chi connectivity index (χ4n) is 3.31. The number of likely N-dealkylation sites (tertiary alicyclic amines) is 1. The molecule has 0 aromatic rings. The number of amides is 1. The van der Waals surface area contributed by atoms with Gasteiger partial charge in [-0.15, -0.1) is 0 Å². The topological polar surface area (TPSA) is 61.8 Å². The third-order valence-electron chi connectivity index (χ3n) is 4.42. The third-order valence-corrected chi connectivity index (χ3v) is 4.42. The van der Waals surface area contributed by atoms with E-state index in [1.807, 2.05) is 0 Å². The highest BCUT2D eigenvalue weighted by atomic mass is 16.5. The first-order valence-corrected chi connectivity index (χ1v) is 7.37. The van der Waals surface area contributed by atoms with Crippen LogP contribution in [0, 0.1) is 5.92 Å². The van der Waals surface area contributed by atoms with Crippen molar-refractivity contribution in [2.75, 3.05) is 20.2 Å². The highest BCUT2D eigenvalue weighted by Crippen LogP contribution is 2.24. The van der Waals surface area contributed by atoms with E-state index >= 15 is 0 Å². The molecule has 2 aliphatic rings. The molecule has 0 bridgehead atoms. The minimum atomic E-state index is -0.389. The maximum absolute atomic E-state index is 11.7. The molecule has 1 aliphatic heterocycles. The second-order valence-corrected chi connectivity index (χ2v) is 5.96. The molecule has 0 aromatic carbocycles. The van der Waals surface area contributed by atoms with Crippen LogP contribution in [0.3, 0.4) is 0 Å². The number of methoxy groups -OCH3 is 1. The number of piperidine rings is 1. The van der Waals surface area contributed by atoms with Crippen molar-refractivity contribution in [2.24, 2.45) is 5.92 Å². The number of carbonyl (C=O) groups excluding carboxylic acids is 1. The van der Waals surface area contributed by atoms with Crippen molar-refractivity contribution in [1.29, 1.82) is 0 Å². The van der Waals surface area contributed by atoms with Crippen molar-refractivity contribution in [2.45, 2.75) is 57.2 Å². The first-order valence-electron chi connectivity index (χ1n) is 7.37. The number of hydrogen-bond acceptors (Lipinski definition) is 4. The van der Waals surface area contributed by atoms with Crippen LogP contribution in [-0.2, 0) is 4.74 Å². The molecule has 2 N–H and O–H groups in total. The molecule has 0 aromatic heterocycles. The van der Waals surface area contributed by atoms with Crippen LogP contribution in [0.5, 0.6) is 0 Å². The zero-order valence-electron chi connectivity index (χ0n) is 12.0. The number of carbonyl (C=O) groups is 1. The van der Waals surface area contributed by atoms with E-state index in [1.54, 1.807) is 11.8 Å². The van der Waals surface area contributed by atoms with Crippen molar-refractivity contribution in [3.8, 4) is 0 Å². The Bertz CT molecular complexity index is 301. The largest absolute Gasteiger partial charge is 0.453 e. The Morgan fingerprint density at radius 1 is 1.32 bits per heavy atom. The Hall–Kier alpha value is -0.810. The van der Waals surface area contributed by atoms with Gasteiger partial charge in [-0.1, -0.05) is 12.8 Å². The molecule has 110 valence electrons. The summed E-state index contributed by atoms with van der Waals surface area (Å²) in [6, 6.07) is 0.854. The number of aliphatic hydroxyl groups excluding tert-OH is 1. The average Bonchev–Trinajstić information content (AvgIpc) is 2.90. The molecule has 19 heavy (non-hydrogen) atoms. The van der Waals surface area contributed by atoms with Crippen LogP contribution in [0.2, 0.25) is 0 Å². The summed E-state index contributed by atoms with van der Waals surface area (Å²) in [6.07, 6.45) is 5.31. The van der Waals surface area contributed by atoms with E-state index in [0.29, 0.717) is 19.1 Å². The highest BCUT2D eigenvalue weighted by Gasteiger charge is 2.33. The van der Waals surface area contributed by atoms with Crippen molar-refractivity contribution in [3.63, 3.8) is 0 Å². The van der Waals surface area contributed by atoms with Gasteiger partial charge in [0.15, 0.2) is 0 Å². The summed E-state index contributed by atoms with van der Waals surface area (Å²) in [5, 5.41) is 13.5. The van der Waals surface area contributed by atoms with Crippen LogP contribution in [0.4, 0.5) is 4.79 Å². The van der Waals surface area contributed by atoms with Gasteiger partial charge in [0.1, 0.15) is 0 Å². The predicted octanol–water partition coefficient (Wildman–Crippen LogP) is 1.36. The van der Waals surface area contributed by atoms with Crippen LogP contribution in [0.1, 0.15) is 39.0 Å². The molecule has 1 saturated carbocycles. The molecule has 5 nitrogen and oxygen atoms in total. The summed E-state index contributed by atoms with van der Waals surface area (Å²) in [5.74, 6) is 0.131. The zero-order valence-corrected chi connectivity index (χ0v) is 12.0. The summed E-state index contributed by atoms with van der Waals surface area (Å²) < 4.78 is 4.81. The van der Waals surface area contributed by atoms with Crippen LogP contribution in [0.25, 0.3) is 0 Å². The summed E-state index contributed by atoms with van der Waals surface area (Å²) in [6.45, 7) is 3.08. The van der Waals surface area contributed by atoms with Crippen LogP contribution >= 0.6 is 0 Å². The molecule has 0 radical (unpaired) electrons. The Kier molecular flexibility index (Phi) is 5.05. The van der Waals surface area contributed by atoms with Crippen molar-refractivity contribution < 1.29 is 14.6 Å². The average molecular weight is 270 g/mol. The van der Waals surface area contributed by atoms with Gasteiger partial charge < -0.3 is 20.1 Å². The van der Waals surface area contributed by atoms with Crippen molar-refractivity contribution in [3.05, 3.63) is 0 Å². The molecule has 2 fully saturated rings. The van der Waals surface area contributed by atoms with Gasteiger partial charge in [-0.25, -0.2) is 4.79 Å². The molecule has 5 heteroatoms. The molecule has 1 saturated heterocycles. The highest BCUT2D eigenvalue weighted by molar-refractivity contribution is 5.67. The van der Waals surface area contributed by atoms with E-state index in [-0.39, 0.29) is 24.2 Å². The van der Waals surface area contributed by atoms with Gasteiger partial charge in [0.05, 0.1) is 13.2 Å². The van der Waals surface area contributed by atoms with Gasteiger partial charge in [0.2, 0.25) is 0 Å². The zero-order chi connectivity index (χ0) is 13.8. The monoisotopic (exact) mass is 270 g/mol. The van der Waals surface area contributed by atoms with Crippen molar-refractivity contribution in [1.82, 2.24) is 10.2 Å². The Labute approximate surface area is 115 Å². The number of hydrogen-bond donors (Lipinski definition) is 2. The summed E-state index contributed by atoms with van der Waals surface area (Å²) in [4.78, 5) is 13.4. The quantitative estimate of drug-likeness (QED) is 0.813. The molecule has 3 atom stereocenters. The standard InChI is InChI=1S/C14H26N2O3/c1-10(17)11-7-13(15-12-5-3-4-6-12)9-16(8-11)14(18)19-2/h10-13,15,17H,3-9H2,1-2H3. The van der Waals surface area contributed by atoms with E-state index < -0.39 is 0 Å². The van der Waals surface area contributed by atoms with Crippen LogP contribution in [-0.4, -0.2) is 54.5 Å². The molecular weight excluding hydrogens is 244 g/mol. The normalized spacial score (nSPS) is 30.4. The molecular formula is C14H26N2O3. The maximum Gasteiger partial charge on any atom is 0.409 e. The predicted molar refractivity (Wildman–Crippen MR) is 72.9 cm³/mol. The van der Waals surface area contributed by atoms with E-state index in [9.17, 15) is 9.90 Å². The number of ether oxygens (including phenoxy) is 1. The molecule has 3 unspecified atom stereocenters. The molecule has 1 amide bonds. The van der Waals surface area contributed by atoms with Gasteiger partial charge in [0.25, 0.3) is 0 Å². The molecule has 1 heterocycles. The van der Waals surface area contributed by atoms with E-state index in [4.69, 9.17) is 4.74 Å². The molecule has 1 aliphatic carbocycles. The number of rotatable bonds is 3. The summed E-state index contributed by atoms with van der Waals surface area (Å²) in [7, 11) is 1.41. The summed E-state index contributed by atoms with van der Waals surface area (Å²) >= 11 is 0. The number of nitrogens with one attached hydrogen (secondary N) is 1. The Morgan fingerprint density at radius 3 is 2.58 bits per heavy atom. The first-order chi connectivity index (χ1) is 9.10. The number of nitrogens with zero attached hydrogens (tertiary/aromatic N) is 1. The second kappa shape index (κ2) is 6.57. The van der Waals surface area contributed by atoms with E-state index in [2.05, 4.69) is 5.32 Å². The smallest absolute Gasteiger partial charge is 0.409 e. The summed E-state index contributed by atoms with van der Waals surface area (Å²) in [5.41, 5.74) is 0. The van der Waals surface area contributed by atoms with E-state index in [1.165, 1.54) is 32.8 Å². The van der Waals surface area contributed by atoms with Gasteiger partial charge >= 0.3 is 6.09 Å². The van der Waals surface area contributed by atoms with Gasteiger partial charge in [-0.3, -0.25) is 0 Å². The lowest BCUT2D eigenvalue weighted by Crippen LogP contribution is -2.54. The Morgan fingerprint density at radius 2 is 2.00 bits per heavy atom. The first kappa shape index (κ1) is 14.6. The lowest BCUT2D eigenvalue weighted by molar-refractivity contribution is 0.0409. The maximum atomic E-state index is 11.7. The molecule has 0 spiro atoms. The minimum absolute atomic E-state index is 0.131. The van der Waals surface area contributed by atoms with E-state index in [0.717, 1.165) is 6.42 Å². The number of aliphatic hydroxyl groups is 1. The lowest BCUT2D eigenvalue weighted by Gasteiger charge is -2.39. The lowest BCUT2D eigenvalue weighted by atomic mass is 9.90. The van der Waals surface area contributed by atoms with Crippen molar-refractivity contribution >= 4 is 6.09 Å². The van der Waals surface area contributed by atoms with Gasteiger partial charge in [-0.2, -0.15) is 0 Å². The Balaban J connectivity index is 1.95. The van der Waals surface area contributed by atoms with Crippen LogP contribution < -0.4 is 5.32 Å². The third kappa shape index (κ3) is 3.83.